The molecule has 0 aliphatic heterocycles. The number of ether oxygens (including phenoxy) is 1. The Hall–Kier alpha value is -1.40. The van der Waals surface area contributed by atoms with Crippen molar-refractivity contribution in [1.82, 2.24) is 9.97 Å². The number of nitrogens with zero attached hydrogens (tertiary/aromatic N) is 3. The number of aromatic nitrogens is 2. The normalized spacial score (nSPS) is 14.7. The highest BCUT2D eigenvalue weighted by atomic mass is 32.1. The Bertz CT molecular complexity index is 582. The molecule has 0 saturated heterocycles. The number of methoxy groups -OCH3 is 1. The Labute approximate surface area is 123 Å². The lowest BCUT2D eigenvalue weighted by atomic mass is 10.3. The van der Waals surface area contributed by atoms with Crippen LogP contribution in [0.1, 0.15) is 19.8 Å². The zero-order valence-corrected chi connectivity index (χ0v) is 12.7. The van der Waals surface area contributed by atoms with Gasteiger partial charge in [0, 0.05) is 26.2 Å². The molecule has 0 aromatic carbocycles. The Morgan fingerprint density at radius 2 is 2.30 bits per heavy atom. The van der Waals surface area contributed by atoms with Crippen molar-refractivity contribution in [2.24, 2.45) is 0 Å². The third-order valence-corrected chi connectivity index (χ3v) is 4.24. The van der Waals surface area contributed by atoms with Gasteiger partial charge >= 0.3 is 0 Å². The first kappa shape index (κ1) is 13.6. The fourth-order valence-electron chi connectivity index (χ4n) is 2.33. The van der Waals surface area contributed by atoms with E-state index in [9.17, 15) is 0 Å². The summed E-state index contributed by atoms with van der Waals surface area (Å²) in [5, 5.41) is 6.46. The fraction of sp³-hybridized carbons (Fsp3) is 0.571. The summed E-state index contributed by atoms with van der Waals surface area (Å²) in [6.07, 6.45) is 2.49. The summed E-state index contributed by atoms with van der Waals surface area (Å²) in [7, 11) is 1.75. The van der Waals surface area contributed by atoms with E-state index in [1.165, 1.54) is 12.8 Å². The number of hydrogen-bond donors (Lipinski definition) is 1. The molecule has 20 heavy (non-hydrogen) atoms. The Morgan fingerprint density at radius 1 is 1.45 bits per heavy atom. The third kappa shape index (κ3) is 2.71. The van der Waals surface area contributed by atoms with Crippen LogP contribution >= 0.6 is 11.3 Å². The molecule has 0 radical (unpaired) electrons. The first-order valence-electron chi connectivity index (χ1n) is 7.08. The predicted octanol–water partition coefficient (Wildman–Crippen LogP) is 2.74. The summed E-state index contributed by atoms with van der Waals surface area (Å²) >= 11 is 1.67. The second kappa shape index (κ2) is 5.93. The maximum absolute atomic E-state index is 5.24. The van der Waals surface area contributed by atoms with Crippen LogP contribution in [0, 0.1) is 0 Å². The Balaban J connectivity index is 1.99. The van der Waals surface area contributed by atoms with E-state index in [2.05, 4.69) is 33.6 Å². The largest absolute Gasteiger partial charge is 0.383 e. The molecule has 108 valence electrons. The predicted molar refractivity (Wildman–Crippen MR) is 83.8 cm³/mol. The molecule has 3 rings (SSSR count). The first-order valence-corrected chi connectivity index (χ1v) is 7.96. The van der Waals surface area contributed by atoms with E-state index in [4.69, 9.17) is 9.72 Å². The number of anilines is 2. The van der Waals surface area contributed by atoms with Crippen LogP contribution < -0.4 is 10.2 Å². The van der Waals surface area contributed by atoms with E-state index in [1.807, 2.05) is 0 Å². The zero-order valence-electron chi connectivity index (χ0n) is 11.9. The molecule has 0 unspecified atom stereocenters. The van der Waals surface area contributed by atoms with Crippen molar-refractivity contribution in [3.05, 3.63) is 11.4 Å². The molecule has 1 N–H and O–H groups in total. The molecule has 1 aliphatic carbocycles. The SMILES string of the molecule is CCNc1nc(N(CCOC)C2CC2)c2ccsc2n1. The third-order valence-electron chi connectivity index (χ3n) is 3.44. The molecule has 2 aromatic heterocycles. The van der Waals surface area contributed by atoms with Gasteiger partial charge in [-0.1, -0.05) is 0 Å². The second-order valence-electron chi connectivity index (χ2n) is 4.96. The van der Waals surface area contributed by atoms with E-state index in [0.29, 0.717) is 6.04 Å². The summed E-state index contributed by atoms with van der Waals surface area (Å²) in [5.41, 5.74) is 0. The molecule has 0 amide bonds. The first-order chi connectivity index (χ1) is 9.83. The monoisotopic (exact) mass is 292 g/mol. The highest BCUT2D eigenvalue weighted by Crippen LogP contribution is 2.36. The van der Waals surface area contributed by atoms with Crippen LogP contribution in [0.3, 0.4) is 0 Å². The maximum Gasteiger partial charge on any atom is 0.226 e. The lowest BCUT2D eigenvalue weighted by molar-refractivity contribution is 0.205. The molecule has 1 aliphatic rings. The quantitative estimate of drug-likeness (QED) is 0.850. The van der Waals surface area contributed by atoms with Gasteiger partial charge in [0.25, 0.3) is 0 Å². The Morgan fingerprint density at radius 3 is 3.00 bits per heavy atom. The van der Waals surface area contributed by atoms with Gasteiger partial charge in [-0.05, 0) is 31.2 Å². The molecule has 2 heterocycles. The highest BCUT2D eigenvalue weighted by Gasteiger charge is 2.31. The number of rotatable bonds is 7. The van der Waals surface area contributed by atoms with E-state index in [0.717, 1.165) is 41.7 Å². The molecule has 2 aromatic rings. The molecule has 5 nitrogen and oxygen atoms in total. The Kier molecular flexibility index (Phi) is 4.03. The van der Waals surface area contributed by atoms with Crippen LogP contribution in [0.25, 0.3) is 10.2 Å². The van der Waals surface area contributed by atoms with E-state index < -0.39 is 0 Å². The lowest BCUT2D eigenvalue weighted by Gasteiger charge is -2.24. The van der Waals surface area contributed by atoms with Gasteiger partial charge in [0.05, 0.1) is 12.0 Å². The molecule has 1 fully saturated rings. The van der Waals surface area contributed by atoms with Gasteiger partial charge in [-0.25, -0.2) is 4.98 Å². The van der Waals surface area contributed by atoms with Gasteiger partial charge in [0.15, 0.2) is 0 Å². The van der Waals surface area contributed by atoms with E-state index in [-0.39, 0.29) is 0 Å². The van der Waals surface area contributed by atoms with Crippen LogP contribution in [-0.4, -0.2) is 42.8 Å². The summed E-state index contributed by atoms with van der Waals surface area (Å²) in [4.78, 5) is 12.7. The molecule has 0 bridgehead atoms. The molecule has 6 heteroatoms. The smallest absolute Gasteiger partial charge is 0.226 e. The van der Waals surface area contributed by atoms with Crippen molar-refractivity contribution in [2.75, 3.05) is 37.0 Å². The summed E-state index contributed by atoms with van der Waals surface area (Å²) in [6, 6.07) is 2.73. The summed E-state index contributed by atoms with van der Waals surface area (Å²) < 4.78 is 5.24. The van der Waals surface area contributed by atoms with Gasteiger partial charge in [-0.3, -0.25) is 0 Å². The number of nitrogens with one attached hydrogen (secondary N) is 1. The standard InChI is InChI=1S/C14H20N4OS/c1-3-15-14-16-12(11-6-9-20-13(11)17-14)18(7-8-19-2)10-4-5-10/h6,9-10H,3-5,7-8H2,1-2H3,(H,15,16,17). The minimum Gasteiger partial charge on any atom is -0.383 e. The average Bonchev–Trinajstić information content (AvgIpc) is 3.17. The maximum atomic E-state index is 5.24. The number of hydrogen-bond acceptors (Lipinski definition) is 6. The number of fused-ring (bicyclic) bond motifs is 1. The van der Waals surface area contributed by atoms with Crippen LogP contribution in [0.2, 0.25) is 0 Å². The fourth-order valence-corrected chi connectivity index (χ4v) is 3.09. The van der Waals surface area contributed by atoms with E-state index >= 15 is 0 Å². The van der Waals surface area contributed by atoms with Gasteiger partial charge in [-0.15, -0.1) is 11.3 Å². The minimum absolute atomic E-state index is 0.609. The molecular formula is C14H20N4OS. The average molecular weight is 292 g/mol. The molecule has 0 spiro atoms. The summed E-state index contributed by atoms with van der Waals surface area (Å²) in [6.45, 7) is 4.50. The molecular weight excluding hydrogens is 272 g/mol. The van der Waals surface area contributed by atoms with Crippen LogP contribution in [0.15, 0.2) is 11.4 Å². The summed E-state index contributed by atoms with van der Waals surface area (Å²) in [5.74, 6) is 1.77. The molecule has 1 saturated carbocycles. The zero-order chi connectivity index (χ0) is 13.9. The van der Waals surface area contributed by atoms with Crippen LogP contribution in [0.5, 0.6) is 0 Å². The van der Waals surface area contributed by atoms with Crippen LogP contribution in [0.4, 0.5) is 11.8 Å². The van der Waals surface area contributed by atoms with Crippen molar-refractivity contribution in [1.29, 1.82) is 0 Å². The lowest BCUT2D eigenvalue weighted by Crippen LogP contribution is -2.30. The van der Waals surface area contributed by atoms with Gasteiger partial charge in [0.1, 0.15) is 10.6 Å². The van der Waals surface area contributed by atoms with Crippen molar-refractivity contribution >= 4 is 33.3 Å². The minimum atomic E-state index is 0.609. The van der Waals surface area contributed by atoms with Crippen molar-refractivity contribution in [3.63, 3.8) is 0 Å². The highest BCUT2D eigenvalue weighted by molar-refractivity contribution is 7.16. The van der Waals surface area contributed by atoms with Crippen molar-refractivity contribution in [3.8, 4) is 0 Å². The van der Waals surface area contributed by atoms with E-state index in [1.54, 1.807) is 18.4 Å². The van der Waals surface area contributed by atoms with Gasteiger partial charge in [0.2, 0.25) is 5.95 Å². The van der Waals surface area contributed by atoms with Crippen LogP contribution in [-0.2, 0) is 4.74 Å². The molecule has 0 atom stereocenters. The van der Waals surface area contributed by atoms with Gasteiger partial charge in [-0.2, -0.15) is 4.98 Å². The second-order valence-corrected chi connectivity index (χ2v) is 5.85. The number of thiophene rings is 1. The van der Waals surface area contributed by atoms with Gasteiger partial charge < -0.3 is 15.0 Å². The topological polar surface area (TPSA) is 50.3 Å². The van der Waals surface area contributed by atoms with Crippen molar-refractivity contribution in [2.45, 2.75) is 25.8 Å². The van der Waals surface area contributed by atoms with Crippen molar-refractivity contribution < 1.29 is 4.74 Å².